The van der Waals surface area contributed by atoms with Gasteiger partial charge in [0.2, 0.25) is 0 Å². The molecule has 1 saturated heterocycles. The predicted octanol–water partition coefficient (Wildman–Crippen LogP) is 7.98. The van der Waals surface area contributed by atoms with Crippen molar-refractivity contribution >= 4 is 6.08 Å². The molecule has 0 saturated carbocycles. The summed E-state index contributed by atoms with van der Waals surface area (Å²) in [6.45, 7) is 10.2. The Morgan fingerprint density at radius 3 is 2.76 bits per heavy atom. The summed E-state index contributed by atoms with van der Waals surface area (Å²) in [5.74, 6) is 2.22. The molecule has 1 fully saturated rings. The van der Waals surface area contributed by atoms with Gasteiger partial charge in [0.25, 0.3) is 0 Å². The first-order valence-electron chi connectivity index (χ1n) is 15.2. The van der Waals surface area contributed by atoms with E-state index in [1.807, 2.05) is 24.0 Å². The number of benzene rings is 2. The van der Waals surface area contributed by atoms with Gasteiger partial charge in [-0.1, -0.05) is 68.5 Å². The number of methoxy groups -OCH3 is 1. The van der Waals surface area contributed by atoms with Crippen LogP contribution in [0.15, 0.2) is 90.6 Å². The average molecular weight is 552 g/mol. The maximum absolute atomic E-state index is 6.18. The van der Waals surface area contributed by atoms with Crippen molar-refractivity contribution in [3.63, 3.8) is 0 Å². The maximum atomic E-state index is 6.18. The number of ether oxygens (including phenoxy) is 2. The van der Waals surface area contributed by atoms with Crippen LogP contribution in [-0.4, -0.2) is 47.9 Å². The number of aromatic nitrogens is 2. The summed E-state index contributed by atoms with van der Waals surface area (Å²) in [6, 6.07) is 17.4. The molecule has 1 aromatic heterocycles. The molecule has 2 aliphatic rings. The second kappa shape index (κ2) is 13.9. The monoisotopic (exact) mass is 551 g/mol. The Morgan fingerprint density at radius 1 is 1.15 bits per heavy atom. The quantitative estimate of drug-likeness (QED) is 0.279. The number of rotatable bonds is 7. The summed E-state index contributed by atoms with van der Waals surface area (Å²) in [4.78, 5) is 7.06. The molecule has 5 heteroatoms. The Labute approximate surface area is 246 Å². The van der Waals surface area contributed by atoms with Crippen LogP contribution < -0.4 is 4.74 Å². The number of piperidine rings is 1. The number of imidazole rings is 1. The van der Waals surface area contributed by atoms with Crippen molar-refractivity contribution in [2.24, 2.45) is 11.8 Å². The third-order valence-electron chi connectivity index (χ3n) is 8.42. The lowest BCUT2D eigenvalue weighted by Gasteiger charge is -2.42. The van der Waals surface area contributed by atoms with Gasteiger partial charge >= 0.3 is 0 Å². The first kappa shape index (κ1) is 28.9. The van der Waals surface area contributed by atoms with Gasteiger partial charge in [-0.25, -0.2) is 4.98 Å². The Morgan fingerprint density at radius 2 is 2.00 bits per heavy atom. The summed E-state index contributed by atoms with van der Waals surface area (Å²) in [5.41, 5.74) is 7.31. The Bertz CT molecular complexity index is 1370. The van der Waals surface area contributed by atoms with Crippen molar-refractivity contribution in [2.75, 3.05) is 33.4 Å². The molecular weight excluding hydrogens is 506 g/mol. The Hall–Kier alpha value is -3.57. The lowest BCUT2D eigenvalue weighted by molar-refractivity contribution is 0.100. The SMILES string of the molecule is CCC=CC(C)C1CC(=Cc2ccc(-n3cnc(C)c3)c(OC)c2)C2=CCCCOCC(c3ccccc3)CN2C1. The molecular formula is C36H45N3O2. The van der Waals surface area contributed by atoms with E-state index >= 15 is 0 Å². The lowest BCUT2D eigenvalue weighted by atomic mass is 9.81. The fourth-order valence-corrected chi connectivity index (χ4v) is 6.11. The smallest absolute Gasteiger partial charge is 0.143 e. The van der Waals surface area contributed by atoms with Gasteiger partial charge in [-0.3, -0.25) is 0 Å². The minimum absolute atomic E-state index is 0.331. The van der Waals surface area contributed by atoms with E-state index in [0.29, 0.717) is 17.8 Å². The first-order valence-corrected chi connectivity index (χ1v) is 15.2. The van der Waals surface area contributed by atoms with Gasteiger partial charge in [-0.05, 0) is 79.4 Å². The fraction of sp³-hybridized carbons (Fsp3) is 0.417. The molecule has 3 unspecified atom stereocenters. The average Bonchev–Trinajstić information content (AvgIpc) is 3.44. The molecule has 0 aliphatic carbocycles. The van der Waals surface area contributed by atoms with Crippen molar-refractivity contribution in [3.05, 3.63) is 107 Å². The Balaban J connectivity index is 1.53. The highest BCUT2D eigenvalue weighted by atomic mass is 16.5. The standard InChI is InChI=1S/C36H45N3O2/c1-5-6-12-27(2)32-21-31(19-29-16-17-35(36(20-29)40-4)39-22-28(3)37-26-39)34-15-10-11-18-41-25-33(24-38(34)23-32)30-13-8-7-9-14-30/h6-9,12-17,19-20,22,26-27,32-33H,5,10-11,18,21,23-25H2,1-4H3. The zero-order valence-electron chi connectivity index (χ0n) is 25.1. The third-order valence-corrected chi connectivity index (χ3v) is 8.42. The van der Waals surface area contributed by atoms with Crippen LogP contribution in [0.3, 0.4) is 0 Å². The molecule has 3 heterocycles. The van der Waals surface area contributed by atoms with Crippen molar-refractivity contribution in [2.45, 2.75) is 52.4 Å². The maximum Gasteiger partial charge on any atom is 0.143 e. The minimum Gasteiger partial charge on any atom is -0.495 e. The zero-order valence-corrected chi connectivity index (χ0v) is 25.1. The summed E-state index contributed by atoms with van der Waals surface area (Å²) in [5, 5.41) is 0. The molecule has 0 amide bonds. The third kappa shape index (κ3) is 7.20. The summed E-state index contributed by atoms with van der Waals surface area (Å²) in [6.07, 6.45) is 17.7. The van der Waals surface area contributed by atoms with Crippen LogP contribution in [0.4, 0.5) is 0 Å². The summed E-state index contributed by atoms with van der Waals surface area (Å²) in [7, 11) is 1.75. The molecule has 0 spiro atoms. The highest BCUT2D eigenvalue weighted by Gasteiger charge is 2.31. The molecule has 3 aromatic rings. The van der Waals surface area contributed by atoms with Crippen molar-refractivity contribution in [1.82, 2.24) is 14.5 Å². The van der Waals surface area contributed by atoms with Gasteiger partial charge in [-0.2, -0.15) is 0 Å². The van der Waals surface area contributed by atoms with Crippen LogP contribution in [0.25, 0.3) is 11.8 Å². The highest BCUT2D eigenvalue weighted by molar-refractivity contribution is 5.63. The van der Waals surface area contributed by atoms with Gasteiger partial charge in [0, 0.05) is 37.5 Å². The van der Waals surface area contributed by atoms with E-state index in [0.717, 1.165) is 74.7 Å². The van der Waals surface area contributed by atoms with Crippen molar-refractivity contribution < 1.29 is 9.47 Å². The number of fused-ring (bicyclic) bond motifs is 1. The van der Waals surface area contributed by atoms with E-state index in [9.17, 15) is 0 Å². The van der Waals surface area contributed by atoms with E-state index in [1.165, 1.54) is 16.8 Å². The van der Waals surface area contributed by atoms with E-state index in [1.54, 1.807) is 7.11 Å². The molecule has 3 atom stereocenters. The van der Waals surface area contributed by atoms with E-state index in [2.05, 4.69) is 96.6 Å². The van der Waals surface area contributed by atoms with E-state index in [-0.39, 0.29) is 0 Å². The molecule has 2 aliphatic heterocycles. The molecule has 5 nitrogen and oxygen atoms in total. The molecule has 5 rings (SSSR count). The van der Waals surface area contributed by atoms with Gasteiger partial charge in [-0.15, -0.1) is 0 Å². The van der Waals surface area contributed by atoms with Gasteiger partial charge in [0.1, 0.15) is 5.75 Å². The van der Waals surface area contributed by atoms with E-state index < -0.39 is 0 Å². The van der Waals surface area contributed by atoms with Crippen LogP contribution in [0.2, 0.25) is 0 Å². The van der Waals surface area contributed by atoms with Crippen LogP contribution in [-0.2, 0) is 4.74 Å². The second-order valence-corrected chi connectivity index (χ2v) is 11.5. The van der Waals surface area contributed by atoms with Crippen LogP contribution in [0.1, 0.15) is 62.3 Å². The lowest BCUT2D eigenvalue weighted by Crippen LogP contribution is -2.40. The van der Waals surface area contributed by atoms with Crippen LogP contribution >= 0.6 is 0 Å². The van der Waals surface area contributed by atoms with Gasteiger partial charge in [0.15, 0.2) is 0 Å². The number of hydrogen-bond donors (Lipinski definition) is 0. The largest absolute Gasteiger partial charge is 0.495 e. The van der Waals surface area contributed by atoms with Gasteiger partial charge in [0.05, 0.1) is 31.4 Å². The van der Waals surface area contributed by atoms with Crippen LogP contribution in [0, 0.1) is 18.8 Å². The topological polar surface area (TPSA) is 39.5 Å². The summed E-state index contributed by atoms with van der Waals surface area (Å²) >= 11 is 0. The zero-order chi connectivity index (χ0) is 28.6. The number of allylic oxidation sites excluding steroid dienone is 4. The minimum atomic E-state index is 0.331. The number of aryl methyl sites for hydroxylation is 1. The molecule has 41 heavy (non-hydrogen) atoms. The molecule has 216 valence electrons. The highest BCUT2D eigenvalue weighted by Crippen LogP contribution is 2.38. The normalized spacial score (nSPS) is 21.9. The summed E-state index contributed by atoms with van der Waals surface area (Å²) < 4.78 is 14.1. The van der Waals surface area contributed by atoms with E-state index in [4.69, 9.17) is 9.47 Å². The van der Waals surface area contributed by atoms with Crippen LogP contribution in [0.5, 0.6) is 5.75 Å². The second-order valence-electron chi connectivity index (χ2n) is 11.5. The molecule has 0 N–H and O–H groups in total. The first-order chi connectivity index (χ1) is 20.1. The van der Waals surface area contributed by atoms with Crippen molar-refractivity contribution in [1.29, 1.82) is 0 Å². The van der Waals surface area contributed by atoms with Gasteiger partial charge < -0.3 is 18.9 Å². The predicted molar refractivity (Wildman–Crippen MR) is 168 cm³/mol. The molecule has 2 aromatic carbocycles. The molecule has 0 bridgehead atoms. The molecule has 0 radical (unpaired) electrons. The van der Waals surface area contributed by atoms with Crippen molar-refractivity contribution in [3.8, 4) is 11.4 Å². The number of nitrogens with zero attached hydrogens (tertiary/aromatic N) is 3. The number of hydrogen-bond acceptors (Lipinski definition) is 4. The fourth-order valence-electron chi connectivity index (χ4n) is 6.11. The Kier molecular flexibility index (Phi) is 9.79.